The van der Waals surface area contributed by atoms with Gasteiger partial charge in [0.05, 0.1) is 22.8 Å². The van der Waals surface area contributed by atoms with Crippen LogP contribution in [0, 0.1) is 0 Å². The number of carbonyl (C=O) groups is 1. The van der Waals surface area contributed by atoms with Crippen molar-refractivity contribution < 1.29 is 9.53 Å². The highest BCUT2D eigenvalue weighted by Gasteiger charge is 2.11. The summed E-state index contributed by atoms with van der Waals surface area (Å²) in [5, 5.41) is 6.66. The van der Waals surface area contributed by atoms with Gasteiger partial charge in [0.2, 0.25) is 0 Å². The zero-order valence-electron chi connectivity index (χ0n) is 11.8. The first-order chi connectivity index (χ1) is 10.9. The van der Waals surface area contributed by atoms with Gasteiger partial charge in [-0.2, -0.15) is 0 Å². The lowest BCUT2D eigenvalue weighted by atomic mass is 10.2. The van der Waals surface area contributed by atoms with Crippen LogP contribution in [0.1, 0.15) is 10.4 Å². The average Bonchev–Trinajstić information content (AvgIpc) is 2.50. The summed E-state index contributed by atoms with van der Waals surface area (Å²) >= 11 is 22.8. The van der Waals surface area contributed by atoms with Crippen LogP contribution in [0.15, 0.2) is 36.4 Å². The Kier molecular flexibility index (Phi) is 6.07. The predicted octanol–water partition coefficient (Wildman–Crippen LogP) is 4.78. The number of thiocarbonyl (C=S) groups is 1. The molecule has 2 aromatic carbocycles. The standard InChI is InChI=1S/C15H11Cl3N2O2S/c1-22-13-5-3-9(16)7-12(13)19-15(23)20-14(21)8-2-4-10(17)11(18)6-8/h2-7H,1H3,(H2,19,20,21,23). The second kappa shape index (κ2) is 7.84. The fourth-order valence-corrected chi connectivity index (χ4v) is 2.42. The molecule has 2 rings (SSSR count). The first-order valence-corrected chi connectivity index (χ1v) is 7.86. The molecule has 0 heterocycles. The molecule has 0 bridgehead atoms. The Balaban J connectivity index is 2.08. The van der Waals surface area contributed by atoms with Crippen LogP contribution in [0.25, 0.3) is 0 Å². The smallest absolute Gasteiger partial charge is 0.257 e. The van der Waals surface area contributed by atoms with Crippen LogP contribution in [-0.4, -0.2) is 18.1 Å². The molecular weight excluding hydrogens is 379 g/mol. The number of nitrogens with one attached hydrogen (secondary N) is 2. The van der Waals surface area contributed by atoms with Gasteiger partial charge in [-0.15, -0.1) is 0 Å². The molecule has 2 N–H and O–H groups in total. The van der Waals surface area contributed by atoms with Crippen molar-refractivity contribution in [2.45, 2.75) is 0 Å². The lowest BCUT2D eigenvalue weighted by Crippen LogP contribution is -2.34. The molecule has 0 radical (unpaired) electrons. The molecule has 8 heteroatoms. The topological polar surface area (TPSA) is 50.4 Å². The van der Waals surface area contributed by atoms with E-state index in [1.165, 1.54) is 19.2 Å². The van der Waals surface area contributed by atoms with E-state index in [2.05, 4.69) is 10.6 Å². The quantitative estimate of drug-likeness (QED) is 0.742. The summed E-state index contributed by atoms with van der Waals surface area (Å²) in [5.74, 6) is 0.127. The number of rotatable bonds is 3. The highest BCUT2D eigenvalue weighted by molar-refractivity contribution is 7.80. The first-order valence-electron chi connectivity index (χ1n) is 6.31. The van der Waals surface area contributed by atoms with Gasteiger partial charge in [0.1, 0.15) is 5.75 Å². The molecule has 0 saturated carbocycles. The molecule has 0 spiro atoms. The van der Waals surface area contributed by atoms with Crippen molar-refractivity contribution in [2.24, 2.45) is 0 Å². The summed E-state index contributed by atoms with van der Waals surface area (Å²) in [6.07, 6.45) is 0. The Bertz CT molecular complexity index is 768. The summed E-state index contributed by atoms with van der Waals surface area (Å²) in [5.41, 5.74) is 0.876. The normalized spacial score (nSPS) is 10.1. The van der Waals surface area contributed by atoms with Crippen molar-refractivity contribution in [3.05, 3.63) is 57.0 Å². The highest BCUT2D eigenvalue weighted by atomic mass is 35.5. The number of hydrogen-bond donors (Lipinski definition) is 2. The van der Waals surface area contributed by atoms with Crippen LogP contribution in [0.5, 0.6) is 5.75 Å². The molecule has 2 aromatic rings. The largest absolute Gasteiger partial charge is 0.495 e. The number of benzene rings is 2. The number of carbonyl (C=O) groups excluding carboxylic acids is 1. The van der Waals surface area contributed by atoms with E-state index in [1.807, 2.05) is 0 Å². The van der Waals surface area contributed by atoms with Gasteiger partial charge in [-0.1, -0.05) is 34.8 Å². The number of ether oxygens (including phenoxy) is 1. The van der Waals surface area contributed by atoms with Crippen molar-refractivity contribution in [3.8, 4) is 5.75 Å². The number of anilines is 1. The molecule has 0 fully saturated rings. The summed E-state index contributed by atoms with van der Waals surface area (Å²) in [6.45, 7) is 0. The third kappa shape index (κ3) is 4.72. The van der Waals surface area contributed by atoms with Crippen LogP contribution in [0.3, 0.4) is 0 Å². The van der Waals surface area contributed by atoms with Gasteiger partial charge in [-0.25, -0.2) is 0 Å². The van der Waals surface area contributed by atoms with Gasteiger partial charge in [0.25, 0.3) is 5.91 Å². The van der Waals surface area contributed by atoms with Gasteiger partial charge in [-0.05, 0) is 48.6 Å². The molecule has 0 aliphatic rings. The maximum Gasteiger partial charge on any atom is 0.257 e. The van der Waals surface area contributed by atoms with Gasteiger partial charge in [-0.3, -0.25) is 10.1 Å². The Hall–Kier alpha value is -1.53. The van der Waals surface area contributed by atoms with E-state index in [0.717, 1.165) is 0 Å². The highest BCUT2D eigenvalue weighted by Crippen LogP contribution is 2.27. The summed E-state index contributed by atoms with van der Waals surface area (Å²) < 4.78 is 5.19. The predicted molar refractivity (Wildman–Crippen MR) is 98.2 cm³/mol. The molecule has 0 atom stereocenters. The van der Waals surface area contributed by atoms with Crippen LogP contribution >= 0.6 is 47.0 Å². The van der Waals surface area contributed by atoms with E-state index in [-0.39, 0.29) is 10.1 Å². The lowest BCUT2D eigenvalue weighted by molar-refractivity contribution is 0.0977. The van der Waals surface area contributed by atoms with E-state index < -0.39 is 5.91 Å². The monoisotopic (exact) mass is 388 g/mol. The van der Waals surface area contributed by atoms with Crippen molar-refractivity contribution in [2.75, 3.05) is 12.4 Å². The zero-order valence-corrected chi connectivity index (χ0v) is 14.9. The van der Waals surface area contributed by atoms with Crippen LogP contribution in [0.4, 0.5) is 5.69 Å². The van der Waals surface area contributed by atoms with Crippen molar-refractivity contribution >= 4 is 63.7 Å². The van der Waals surface area contributed by atoms with E-state index in [0.29, 0.717) is 27.0 Å². The maximum atomic E-state index is 12.1. The fourth-order valence-electron chi connectivity index (χ4n) is 1.74. The van der Waals surface area contributed by atoms with Crippen LogP contribution < -0.4 is 15.4 Å². The molecule has 0 unspecified atom stereocenters. The minimum absolute atomic E-state index is 0.0987. The van der Waals surface area contributed by atoms with E-state index in [9.17, 15) is 4.79 Å². The molecule has 0 aromatic heterocycles. The molecule has 4 nitrogen and oxygen atoms in total. The minimum Gasteiger partial charge on any atom is -0.495 e. The van der Waals surface area contributed by atoms with Gasteiger partial charge >= 0.3 is 0 Å². The minimum atomic E-state index is -0.415. The van der Waals surface area contributed by atoms with E-state index in [1.54, 1.807) is 24.3 Å². The van der Waals surface area contributed by atoms with E-state index in [4.69, 9.17) is 51.8 Å². The fraction of sp³-hybridized carbons (Fsp3) is 0.0667. The zero-order chi connectivity index (χ0) is 17.0. The summed E-state index contributed by atoms with van der Waals surface area (Å²) in [7, 11) is 1.52. The Labute approximate surface area is 153 Å². The molecule has 1 amide bonds. The number of hydrogen-bond acceptors (Lipinski definition) is 3. The molecule has 23 heavy (non-hydrogen) atoms. The van der Waals surface area contributed by atoms with Gasteiger partial charge in [0.15, 0.2) is 5.11 Å². The van der Waals surface area contributed by atoms with Gasteiger partial charge in [0, 0.05) is 10.6 Å². The third-order valence-electron chi connectivity index (χ3n) is 2.82. The van der Waals surface area contributed by atoms with Crippen molar-refractivity contribution in [3.63, 3.8) is 0 Å². The van der Waals surface area contributed by atoms with E-state index >= 15 is 0 Å². The molecular formula is C15H11Cl3N2O2S. The van der Waals surface area contributed by atoms with Gasteiger partial charge < -0.3 is 10.1 Å². The Morgan fingerprint density at radius 1 is 1.09 bits per heavy atom. The number of methoxy groups -OCH3 is 1. The molecule has 0 aliphatic heterocycles. The number of halogens is 3. The summed E-state index contributed by atoms with van der Waals surface area (Å²) in [4.78, 5) is 12.1. The first kappa shape index (κ1) is 17.8. The molecule has 0 saturated heterocycles. The third-order valence-corrected chi connectivity index (χ3v) is 4.00. The second-order valence-corrected chi connectivity index (χ2v) is 6.04. The second-order valence-electron chi connectivity index (χ2n) is 4.38. The van der Waals surface area contributed by atoms with Crippen molar-refractivity contribution in [1.82, 2.24) is 5.32 Å². The summed E-state index contributed by atoms with van der Waals surface area (Å²) in [6, 6.07) is 9.55. The maximum absolute atomic E-state index is 12.1. The average molecular weight is 390 g/mol. The SMILES string of the molecule is COc1ccc(Cl)cc1NC(=S)NC(=O)c1ccc(Cl)c(Cl)c1. The lowest BCUT2D eigenvalue weighted by Gasteiger charge is -2.13. The molecule has 0 aliphatic carbocycles. The number of amides is 1. The van der Waals surface area contributed by atoms with Crippen LogP contribution in [-0.2, 0) is 0 Å². The Morgan fingerprint density at radius 2 is 1.83 bits per heavy atom. The van der Waals surface area contributed by atoms with Crippen molar-refractivity contribution in [1.29, 1.82) is 0 Å². The molecule has 120 valence electrons. The van der Waals surface area contributed by atoms with Crippen LogP contribution in [0.2, 0.25) is 15.1 Å². The Morgan fingerprint density at radius 3 is 2.48 bits per heavy atom.